The van der Waals surface area contributed by atoms with Crippen molar-refractivity contribution in [2.24, 2.45) is 20.5 Å². The maximum atomic E-state index is 14.0. The summed E-state index contributed by atoms with van der Waals surface area (Å²) >= 11 is 0. The third-order valence-electron chi connectivity index (χ3n) is 6.58. The van der Waals surface area contributed by atoms with Gasteiger partial charge in [0, 0.05) is 17.6 Å². The molecule has 0 spiro atoms. The zero-order valence-corrected chi connectivity index (χ0v) is 26.7. The molecule has 4 aromatic carbocycles. The van der Waals surface area contributed by atoms with Gasteiger partial charge in [-0.05, 0) is 79.4 Å². The molecular weight excluding hydrogens is 670 g/mol. The lowest BCUT2D eigenvalue weighted by Crippen LogP contribution is -2.17. The minimum Gasteiger partial charge on any atom is -0.505 e. The van der Waals surface area contributed by atoms with Crippen molar-refractivity contribution in [1.82, 2.24) is 15.0 Å². The van der Waals surface area contributed by atoms with Crippen LogP contribution in [0.1, 0.15) is 11.1 Å². The van der Waals surface area contributed by atoms with E-state index in [0.29, 0.717) is 27.7 Å². The smallest absolute Gasteiger partial charge is 0.315 e. The van der Waals surface area contributed by atoms with Gasteiger partial charge in [-0.2, -0.15) is 46.4 Å². The highest BCUT2D eigenvalue weighted by Gasteiger charge is 2.18. The number of phenolic OH excluding ortho intramolecular Hbond substituents is 1. The SMILES string of the molecule is Cc1ccc(N=Nc2ccc(N=Nc3c(C)cc4cc(Nc5nc(F)nc(NCCS(=O)(=O)O)n5)ccc4c3O)c(S(=O)(=O)O)c2)cc1. The molecule has 19 heteroatoms. The fourth-order valence-electron chi connectivity index (χ4n) is 4.31. The van der Waals surface area contributed by atoms with Crippen LogP contribution in [0.2, 0.25) is 0 Å². The first-order valence-corrected chi connectivity index (χ1v) is 16.9. The molecule has 0 fully saturated rings. The Balaban J connectivity index is 1.39. The fraction of sp³-hybridized carbons (Fsp3) is 0.138. The quantitative estimate of drug-likeness (QED) is 0.0724. The van der Waals surface area contributed by atoms with Crippen LogP contribution in [0.4, 0.5) is 44.7 Å². The van der Waals surface area contributed by atoms with Crippen molar-refractivity contribution in [2.45, 2.75) is 18.7 Å². The molecule has 0 atom stereocenters. The molecule has 0 bridgehead atoms. The van der Waals surface area contributed by atoms with E-state index < -0.39 is 37.0 Å². The second-order valence-electron chi connectivity index (χ2n) is 10.3. The molecule has 0 aliphatic heterocycles. The van der Waals surface area contributed by atoms with Gasteiger partial charge in [-0.25, -0.2) is 0 Å². The Morgan fingerprint density at radius 2 is 1.48 bits per heavy atom. The number of nitrogens with one attached hydrogen (secondary N) is 2. The number of fused-ring (bicyclic) bond motifs is 1. The Morgan fingerprint density at radius 1 is 0.792 bits per heavy atom. The summed E-state index contributed by atoms with van der Waals surface area (Å²) in [5, 5.41) is 33.4. The highest BCUT2D eigenvalue weighted by molar-refractivity contribution is 7.86. The summed E-state index contributed by atoms with van der Waals surface area (Å²) in [4.78, 5) is 10.4. The number of benzene rings is 4. The maximum absolute atomic E-state index is 14.0. The van der Waals surface area contributed by atoms with Crippen LogP contribution in [0, 0.1) is 19.9 Å². The van der Waals surface area contributed by atoms with Gasteiger partial charge in [-0.1, -0.05) is 17.7 Å². The number of phenols is 1. The van der Waals surface area contributed by atoms with Crippen molar-refractivity contribution in [3.8, 4) is 5.75 Å². The van der Waals surface area contributed by atoms with Gasteiger partial charge in [0.15, 0.2) is 5.75 Å². The molecule has 248 valence electrons. The maximum Gasteiger partial charge on any atom is 0.315 e. The van der Waals surface area contributed by atoms with Crippen molar-refractivity contribution in [1.29, 1.82) is 0 Å². The minimum absolute atomic E-state index is 0.0350. The lowest BCUT2D eigenvalue weighted by atomic mass is 10.0. The highest BCUT2D eigenvalue weighted by atomic mass is 32.2. The van der Waals surface area contributed by atoms with Crippen molar-refractivity contribution < 1.29 is 35.4 Å². The third kappa shape index (κ3) is 8.64. The number of aryl methyl sites for hydroxylation is 2. The van der Waals surface area contributed by atoms with Crippen molar-refractivity contribution in [2.75, 3.05) is 22.9 Å². The zero-order chi connectivity index (χ0) is 34.6. The van der Waals surface area contributed by atoms with Gasteiger partial charge in [0.2, 0.25) is 11.9 Å². The molecule has 0 saturated heterocycles. The summed E-state index contributed by atoms with van der Waals surface area (Å²) in [6.07, 6.45) is -1.15. The van der Waals surface area contributed by atoms with E-state index >= 15 is 0 Å². The van der Waals surface area contributed by atoms with E-state index in [4.69, 9.17) is 4.55 Å². The van der Waals surface area contributed by atoms with E-state index in [1.807, 2.05) is 19.1 Å². The van der Waals surface area contributed by atoms with Crippen LogP contribution < -0.4 is 10.6 Å². The van der Waals surface area contributed by atoms with E-state index in [1.165, 1.54) is 24.3 Å². The van der Waals surface area contributed by atoms with Gasteiger partial charge in [-0.3, -0.25) is 9.11 Å². The summed E-state index contributed by atoms with van der Waals surface area (Å²) in [6, 6.07) is 17.4. The predicted octanol–water partition coefficient (Wildman–Crippen LogP) is 6.61. The van der Waals surface area contributed by atoms with E-state index in [1.54, 1.807) is 31.2 Å². The molecular formula is C29H26FN9O7S2. The summed E-state index contributed by atoms with van der Waals surface area (Å²) < 4.78 is 78.9. The first-order valence-electron chi connectivity index (χ1n) is 13.8. The molecule has 0 radical (unpaired) electrons. The van der Waals surface area contributed by atoms with E-state index in [9.17, 15) is 30.9 Å². The van der Waals surface area contributed by atoms with Gasteiger partial charge < -0.3 is 15.7 Å². The number of hydrogen-bond acceptors (Lipinski definition) is 14. The number of rotatable bonds is 11. The summed E-state index contributed by atoms with van der Waals surface area (Å²) in [6.45, 7) is 3.28. The number of azo groups is 2. The molecule has 1 aromatic heterocycles. The lowest BCUT2D eigenvalue weighted by Gasteiger charge is -2.11. The van der Waals surface area contributed by atoms with Crippen LogP contribution in [0.3, 0.4) is 0 Å². The Hall–Kier alpha value is -5.50. The van der Waals surface area contributed by atoms with Crippen molar-refractivity contribution in [3.63, 3.8) is 0 Å². The van der Waals surface area contributed by atoms with Gasteiger partial charge in [0.1, 0.15) is 16.3 Å². The lowest BCUT2D eigenvalue weighted by molar-refractivity contribution is 0.481. The number of halogens is 1. The molecule has 0 amide bonds. The number of aromatic nitrogens is 3. The van der Waals surface area contributed by atoms with E-state index in [-0.39, 0.29) is 41.3 Å². The standard InChI is InChI=1S/C29H26FN9O7S2/c1-16-3-5-19(6-4-16)36-37-21-8-10-23(24(15-21)48(44,45)46)38-39-25-17(2)13-18-14-20(7-9-22(18)26(25)40)32-29-34-27(30)33-28(35-29)31-11-12-47(41,42)43/h3-10,13-15,40H,11-12H2,1-2H3,(H,41,42,43)(H,44,45,46)(H2,31,32,33,34,35). The van der Waals surface area contributed by atoms with Crippen molar-refractivity contribution >= 4 is 71.3 Å². The first kappa shape index (κ1) is 33.9. The number of anilines is 3. The van der Waals surface area contributed by atoms with Gasteiger partial charge >= 0.3 is 6.08 Å². The van der Waals surface area contributed by atoms with Crippen LogP contribution in [-0.4, -0.2) is 58.3 Å². The van der Waals surface area contributed by atoms with Gasteiger partial charge in [-0.15, -0.1) is 10.2 Å². The summed E-state index contributed by atoms with van der Waals surface area (Å²) in [5.74, 6) is -1.39. The minimum atomic E-state index is -4.75. The Bertz CT molecular complexity index is 2300. The predicted molar refractivity (Wildman–Crippen MR) is 174 cm³/mol. The van der Waals surface area contributed by atoms with Crippen molar-refractivity contribution in [3.05, 3.63) is 83.9 Å². The Kier molecular flexibility index (Phi) is 9.66. The van der Waals surface area contributed by atoms with Crippen LogP contribution >= 0.6 is 0 Å². The monoisotopic (exact) mass is 695 g/mol. The average Bonchev–Trinajstić information content (AvgIpc) is 2.99. The van der Waals surface area contributed by atoms with Gasteiger partial charge in [0.05, 0.1) is 17.1 Å². The zero-order valence-electron chi connectivity index (χ0n) is 25.1. The second kappa shape index (κ2) is 13.7. The third-order valence-corrected chi connectivity index (χ3v) is 8.18. The van der Waals surface area contributed by atoms with E-state index in [2.05, 4.69) is 46.0 Å². The largest absolute Gasteiger partial charge is 0.505 e. The average molecular weight is 696 g/mol. The molecule has 5 rings (SSSR count). The number of aromatic hydroxyl groups is 1. The molecule has 0 aliphatic carbocycles. The Labute approximate surface area is 273 Å². The topological polar surface area (TPSA) is 241 Å². The summed E-state index contributed by atoms with van der Waals surface area (Å²) in [5.41, 5.74) is 2.39. The normalized spacial score (nSPS) is 12.3. The van der Waals surface area contributed by atoms with Gasteiger partial charge in [0.25, 0.3) is 20.2 Å². The molecule has 16 nitrogen and oxygen atoms in total. The number of nitrogens with zero attached hydrogens (tertiary/aromatic N) is 7. The molecule has 1 heterocycles. The van der Waals surface area contributed by atoms with Crippen LogP contribution in [0.25, 0.3) is 10.8 Å². The molecule has 0 saturated carbocycles. The molecule has 48 heavy (non-hydrogen) atoms. The molecule has 0 unspecified atom stereocenters. The fourth-order valence-corrected chi connectivity index (χ4v) is 5.31. The second-order valence-corrected chi connectivity index (χ2v) is 13.2. The first-order chi connectivity index (χ1) is 22.6. The van der Waals surface area contributed by atoms with E-state index in [0.717, 1.165) is 11.6 Å². The van der Waals surface area contributed by atoms with Crippen LogP contribution in [0.5, 0.6) is 5.75 Å². The Morgan fingerprint density at radius 3 is 2.19 bits per heavy atom. The highest BCUT2D eigenvalue weighted by Crippen LogP contribution is 2.40. The number of hydrogen-bond donors (Lipinski definition) is 5. The van der Waals surface area contributed by atoms with Crippen LogP contribution in [0.15, 0.2) is 92.1 Å². The summed E-state index contributed by atoms with van der Waals surface area (Å²) in [7, 11) is -9.00. The van der Waals surface area contributed by atoms with Crippen LogP contribution in [-0.2, 0) is 20.2 Å². The molecule has 5 aromatic rings. The molecule has 5 N–H and O–H groups in total. The molecule has 0 aliphatic rings.